The molecule has 0 bridgehead atoms. The van der Waals surface area contributed by atoms with Crippen molar-refractivity contribution >= 4 is 34.7 Å². The third kappa shape index (κ3) is 7.64. The van der Waals surface area contributed by atoms with Crippen LogP contribution in [0.5, 0.6) is 0 Å². The van der Waals surface area contributed by atoms with Crippen LogP contribution in [-0.2, 0) is 17.8 Å². The maximum atomic E-state index is 12.9. The number of thiazole rings is 1. The topological polar surface area (TPSA) is 90.2 Å². The quantitative estimate of drug-likeness (QED) is 0.463. The van der Waals surface area contributed by atoms with E-state index in [1.807, 2.05) is 28.4 Å². The largest absolute Gasteiger partial charge is 0.391 e. The Morgan fingerprint density at radius 2 is 2.00 bits per heavy atom. The van der Waals surface area contributed by atoms with Gasteiger partial charge in [-0.2, -0.15) is 18.4 Å². The Labute approximate surface area is 219 Å². The van der Waals surface area contributed by atoms with E-state index in [0.29, 0.717) is 31.7 Å². The fourth-order valence-electron chi connectivity index (χ4n) is 4.18. The summed E-state index contributed by atoms with van der Waals surface area (Å²) in [5, 5.41) is 14.5. The number of aromatic nitrogens is 1. The first-order chi connectivity index (χ1) is 18.0. The molecular weight excluding hydrogens is 529 g/mol. The van der Waals surface area contributed by atoms with Crippen LogP contribution in [0.4, 0.5) is 27.6 Å². The molecule has 38 heavy (non-hydrogen) atoms. The van der Waals surface area contributed by atoms with Crippen molar-refractivity contribution in [1.82, 2.24) is 14.8 Å². The minimum atomic E-state index is -4.14. The summed E-state index contributed by atoms with van der Waals surface area (Å²) >= 11 is 0.898. The van der Waals surface area contributed by atoms with E-state index in [-0.39, 0.29) is 28.6 Å². The van der Waals surface area contributed by atoms with Crippen LogP contribution < -0.4 is 25.4 Å². The minimum absolute atomic E-state index is 0.0721. The lowest BCUT2D eigenvalue weighted by Crippen LogP contribution is -2.39. The number of nitrogens with one attached hydrogen (secondary N) is 2. The number of anilines is 1. The fraction of sp³-hybridized carbons (Fsp3) is 0.480. The lowest BCUT2D eigenvalue weighted by atomic mass is 9.96. The third-order valence-electron chi connectivity index (χ3n) is 6.26. The van der Waals surface area contributed by atoms with Crippen molar-refractivity contribution in [3.8, 4) is 6.07 Å². The van der Waals surface area contributed by atoms with Gasteiger partial charge in [0.25, 0.3) is 17.9 Å². The summed E-state index contributed by atoms with van der Waals surface area (Å²) in [7, 11) is 0. The number of amides is 1. The Morgan fingerprint density at radius 3 is 2.61 bits per heavy atom. The van der Waals surface area contributed by atoms with Gasteiger partial charge in [-0.15, -0.1) is 11.3 Å². The second-order valence-electron chi connectivity index (χ2n) is 8.81. The number of nitrogens with zero attached hydrogens (tertiary/aromatic N) is 3. The number of carbonyl (C=O) groups is 1. The number of halogens is 5. The second kappa shape index (κ2) is 13.0. The zero-order valence-electron chi connectivity index (χ0n) is 20.7. The predicted molar refractivity (Wildman–Crippen MR) is 135 cm³/mol. The Bertz CT molecular complexity index is 1340. The van der Waals surface area contributed by atoms with Gasteiger partial charge in [-0.05, 0) is 57.0 Å². The number of carbonyl (C=O) groups excluding carboxylic acids is 1. The van der Waals surface area contributed by atoms with E-state index >= 15 is 0 Å². The van der Waals surface area contributed by atoms with E-state index < -0.39 is 42.1 Å². The van der Waals surface area contributed by atoms with Gasteiger partial charge >= 0.3 is 6.18 Å². The van der Waals surface area contributed by atoms with Gasteiger partial charge < -0.3 is 15.5 Å². The van der Waals surface area contributed by atoms with Crippen LogP contribution in [0.1, 0.15) is 25.3 Å². The monoisotopic (exact) mass is 557 g/mol. The number of alkyl halides is 5. The van der Waals surface area contributed by atoms with E-state index in [4.69, 9.17) is 0 Å². The van der Waals surface area contributed by atoms with Gasteiger partial charge in [-0.25, -0.2) is 8.78 Å². The molecule has 13 heteroatoms. The molecule has 1 saturated heterocycles. The number of nitriles is 1. The lowest BCUT2D eigenvalue weighted by molar-refractivity contribution is -0.185. The van der Waals surface area contributed by atoms with Crippen molar-refractivity contribution in [3.05, 3.63) is 49.4 Å². The van der Waals surface area contributed by atoms with E-state index in [1.165, 1.54) is 10.8 Å². The lowest BCUT2D eigenvalue weighted by Gasteiger charge is -2.32. The van der Waals surface area contributed by atoms with Crippen molar-refractivity contribution in [3.63, 3.8) is 0 Å². The molecule has 2 heterocycles. The molecule has 3 rings (SSSR count). The van der Waals surface area contributed by atoms with E-state index in [1.54, 1.807) is 19.1 Å². The number of rotatable bonds is 9. The smallest absolute Gasteiger partial charge is 0.360 e. The molecule has 0 saturated carbocycles. The minimum Gasteiger partial charge on any atom is -0.360 e. The molecule has 2 N–H and O–H groups in total. The maximum absolute atomic E-state index is 12.9. The van der Waals surface area contributed by atoms with Gasteiger partial charge in [0.15, 0.2) is 5.57 Å². The van der Waals surface area contributed by atoms with Crippen molar-refractivity contribution in [2.24, 2.45) is 5.92 Å². The molecule has 0 atom stereocenters. The van der Waals surface area contributed by atoms with Crippen LogP contribution in [0.2, 0.25) is 0 Å². The molecule has 0 unspecified atom stereocenters. The maximum Gasteiger partial charge on any atom is 0.391 e. The molecule has 2 aromatic rings. The summed E-state index contributed by atoms with van der Waals surface area (Å²) in [6.45, 7) is 2.37. The first kappa shape index (κ1) is 29.3. The highest BCUT2D eigenvalue weighted by Gasteiger charge is 2.40. The summed E-state index contributed by atoms with van der Waals surface area (Å²) in [5.74, 6) is -2.21. The normalized spacial score (nSPS) is 16.4. The average molecular weight is 558 g/mol. The highest BCUT2D eigenvalue weighted by molar-refractivity contribution is 7.07. The predicted octanol–water partition coefficient (Wildman–Crippen LogP) is 2.65. The zero-order valence-corrected chi connectivity index (χ0v) is 21.5. The zero-order chi connectivity index (χ0) is 27.9. The molecule has 1 amide bonds. The van der Waals surface area contributed by atoms with Crippen LogP contribution in [0.25, 0.3) is 11.8 Å². The molecule has 1 aliphatic heterocycles. The van der Waals surface area contributed by atoms with Crippen LogP contribution in [0.15, 0.2) is 29.1 Å². The van der Waals surface area contributed by atoms with Gasteiger partial charge in [0.05, 0.1) is 12.5 Å². The van der Waals surface area contributed by atoms with E-state index in [9.17, 15) is 36.8 Å². The number of hydrogen-bond acceptors (Lipinski definition) is 6. The summed E-state index contributed by atoms with van der Waals surface area (Å²) in [4.78, 5) is 27.1. The standard InChI is InChI=1S/C25H28F5N5O2S/c1-2-35-23(37)20(38-24(35)19(13-31)22(36)33-15-21(26)27)14-32-18-5-3-4-16(12-18)6-9-34-10-7-17(8-11-34)25(28,29)30/h3-5,12,14,17,21,32H,2,6-11,15H2,1H3,(H,33,36)/b20-14?,24-19-. The summed E-state index contributed by atoms with van der Waals surface area (Å²) in [6.07, 6.45) is -4.60. The number of benzene rings is 1. The van der Waals surface area contributed by atoms with Gasteiger partial charge in [0.2, 0.25) is 0 Å². The number of likely N-dealkylation sites (tertiary alicyclic amines) is 1. The Morgan fingerprint density at radius 1 is 1.29 bits per heavy atom. The Kier molecular flexibility index (Phi) is 10.0. The first-order valence-corrected chi connectivity index (χ1v) is 12.9. The Hall–Kier alpha value is -3.24. The van der Waals surface area contributed by atoms with E-state index in [2.05, 4.69) is 5.32 Å². The molecular formula is C25H28F5N5O2S. The highest BCUT2D eigenvalue weighted by atomic mass is 32.1. The molecule has 1 aliphatic rings. The van der Waals surface area contributed by atoms with Gasteiger partial charge in [-0.1, -0.05) is 12.1 Å². The highest BCUT2D eigenvalue weighted by Crippen LogP contribution is 2.34. The molecule has 7 nitrogen and oxygen atoms in total. The Balaban J connectivity index is 1.72. The molecule has 1 aromatic heterocycles. The second-order valence-corrected chi connectivity index (χ2v) is 9.84. The van der Waals surface area contributed by atoms with Gasteiger partial charge in [-0.3, -0.25) is 14.2 Å². The van der Waals surface area contributed by atoms with E-state index in [0.717, 1.165) is 16.9 Å². The molecule has 1 aromatic carbocycles. The van der Waals surface area contributed by atoms with Crippen LogP contribution in [0.3, 0.4) is 0 Å². The van der Waals surface area contributed by atoms with Crippen LogP contribution in [-0.4, -0.2) is 54.2 Å². The van der Waals surface area contributed by atoms with Crippen molar-refractivity contribution in [1.29, 1.82) is 5.26 Å². The summed E-state index contributed by atoms with van der Waals surface area (Å²) in [5.41, 5.74) is 0.785. The van der Waals surface area contributed by atoms with Gasteiger partial charge in [0, 0.05) is 25.0 Å². The van der Waals surface area contributed by atoms with Gasteiger partial charge in [0.1, 0.15) is 15.3 Å². The summed E-state index contributed by atoms with van der Waals surface area (Å²) < 4.78 is 65.0. The SMILES string of the molecule is CCn1c(=O)c(=CNc2cccc(CCN3CCC(C(F)(F)F)CC3)c2)s/c1=C(/C#N)C(=O)NCC(F)F. The number of hydrogen-bond donors (Lipinski definition) is 2. The molecule has 1 fully saturated rings. The molecule has 0 aliphatic carbocycles. The molecule has 206 valence electrons. The van der Waals surface area contributed by atoms with Crippen molar-refractivity contribution in [2.45, 2.75) is 45.3 Å². The molecule has 0 radical (unpaired) electrons. The summed E-state index contributed by atoms with van der Waals surface area (Å²) in [6, 6.07) is 9.09. The average Bonchev–Trinajstić information content (AvgIpc) is 3.20. The third-order valence-corrected chi connectivity index (χ3v) is 7.39. The van der Waals surface area contributed by atoms with Crippen LogP contribution in [0, 0.1) is 17.2 Å². The van der Waals surface area contributed by atoms with Crippen molar-refractivity contribution in [2.75, 3.05) is 31.5 Å². The molecule has 0 spiro atoms. The van der Waals surface area contributed by atoms with Crippen molar-refractivity contribution < 1.29 is 26.7 Å². The number of piperidine rings is 1. The first-order valence-electron chi connectivity index (χ1n) is 12.1. The fourth-order valence-corrected chi connectivity index (χ4v) is 5.27. The van der Waals surface area contributed by atoms with Crippen LogP contribution >= 0.6 is 11.3 Å².